The van der Waals surface area contributed by atoms with Crippen LogP contribution in [0.15, 0.2) is 45.5 Å². The third kappa shape index (κ3) is 3.40. The number of hydrogen-bond acceptors (Lipinski definition) is 4. The molecule has 0 saturated heterocycles. The van der Waals surface area contributed by atoms with Crippen LogP contribution in [0.1, 0.15) is 31.9 Å². The molecule has 0 atom stereocenters. The van der Waals surface area contributed by atoms with Crippen molar-refractivity contribution >= 4 is 40.2 Å². The first-order valence-electron chi connectivity index (χ1n) is 6.89. The summed E-state index contributed by atoms with van der Waals surface area (Å²) in [7, 11) is 0. The molecule has 0 aliphatic carbocycles. The molecule has 0 saturated carbocycles. The second-order valence-electron chi connectivity index (χ2n) is 5.33. The van der Waals surface area contributed by atoms with Crippen molar-refractivity contribution in [3.8, 4) is 0 Å². The second kappa shape index (κ2) is 6.64. The number of benzene rings is 1. The van der Waals surface area contributed by atoms with Crippen LogP contribution in [-0.4, -0.2) is 24.0 Å². The zero-order valence-electron chi connectivity index (χ0n) is 12.9. The highest BCUT2D eigenvalue weighted by atomic mass is 127. The lowest BCUT2D eigenvalue weighted by molar-refractivity contribution is -0.149. The van der Waals surface area contributed by atoms with Gasteiger partial charge in [-0.25, -0.2) is 4.99 Å². The maximum atomic E-state index is 11.3. The molecule has 1 aromatic rings. The third-order valence-electron chi connectivity index (χ3n) is 3.09. The van der Waals surface area contributed by atoms with Crippen LogP contribution >= 0.6 is 22.6 Å². The molecule has 0 radical (unpaired) electrons. The molecule has 0 spiro atoms. The van der Waals surface area contributed by atoms with E-state index in [-0.39, 0.29) is 5.97 Å². The van der Waals surface area contributed by atoms with E-state index in [0.717, 1.165) is 14.7 Å². The van der Waals surface area contributed by atoms with Crippen LogP contribution in [0.2, 0.25) is 0 Å². The van der Waals surface area contributed by atoms with Crippen molar-refractivity contribution < 1.29 is 14.3 Å². The molecule has 116 valence electrons. The SMILES string of the molecule is C=CCN=C1O/C(=C(/I)C(C)(C)OC(C)=O)c2ccccc21. The Morgan fingerprint density at radius 2 is 2.05 bits per heavy atom. The van der Waals surface area contributed by atoms with Crippen molar-refractivity contribution in [1.82, 2.24) is 0 Å². The van der Waals surface area contributed by atoms with Gasteiger partial charge in [0.05, 0.1) is 10.1 Å². The Hall–Kier alpha value is -1.63. The molecule has 1 aliphatic heterocycles. The molecule has 22 heavy (non-hydrogen) atoms. The Morgan fingerprint density at radius 1 is 1.41 bits per heavy atom. The first-order chi connectivity index (χ1) is 10.4. The van der Waals surface area contributed by atoms with Crippen molar-refractivity contribution in [2.45, 2.75) is 26.4 Å². The molecule has 0 aromatic heterocycles. The number of esters is 1. The molecular weight excluding hydrogens is 393 g/mol. The van der Waals surface area contributed by atoms with Gasteiger partial charge in [0.2, 0.25) is 5.90 Å². The zero-order valence-corrected chi connectivity index (χ0v) is 15.0. The predicted molar refractivity (Wildman–Crippen MR) is 95.9 cm³/mol. The Morgan fingerprint density at radius 3 is 2.64 bits per heavy atom. The second-order valence-corrected chi connectivity index (χ2v) is 6.41. The monoisotopic (exact) mass is 411 g/mol. The van der Waals surface area contributed by atoms with Gasteiger partial charge in [-0.3, -0.25) is 4.79 Å². The predicted octanol–water partition coefficient (Wildman–Crippen LogP) is 4.09. The van der Waals surface area contributed by atoms with Crippen LogP contribution in [0.5, 0.6) is 0 Å². The maximum Gasteiger partial charge on any atom is 0.303 e. The van der Waals surface area contributed by atoms with Gasteiger partial charge in [0.25, 0.3) is 0 Å². The van der Waals surface area contributed by atoms with E-state index in [0.29, 0.717) is 18.2 Å². The fraction of sp³-hybridized carbons (Fsp3) is 0.294. The van der Waals surface area contributed by atoms with Crippen LogP contribution in [0, 0.1) is 0 Å². The van der Waals surface area contributed by atoms with Gasteiger partial charge < -0.3 is 9.47 Å². The Balaban J connectivity index is 2.51. The molecule has 0 fully saturated rings. The topological polar surface area (TPSA) is 47.9 Å². The summed E-state index contributed by atoms with van der Waals surface area (Å²) in [6.45, 7) is 9.24. The number of hydrogen-bond donors (Lipinski definition) is 0. The fourth-order valence-corrected chi connectivity index (χ4v) is 2.69. The van der Waals surface area contributed by atoms with Crippen molar-refractivity contribution in [1.29, 1.82) is 0 Å². The van der Waals surface area contributed by atoms with Crippen LogP contribution in [0.3, 0.4) is 0 Å². The first-order valence-corrected chi connectivity index (χ1v) is 7.97. The average molecular weight is 411 g/mol. The van der Waals surface area contributed by atoms with E-state index in [1.54, 1.807) is 6.08 Å². The minimum atomic E-state index is -0.761. The largest absolute Gasteiger partial charge is 0.454 e. The van der Waals surface area contributed by atoms with Gasteiger partial charge in [0.15, 0.2) is 5.76 Å². The summed E-state index contributed by atoms with van der Waals surface area (Å²) in [6.07, 6.45) is 1.72. The van der Waals surface area contributed by atoms with E-state index in [1.807, 2.05) is 38.1 Å². The standard InChI is InChI=1S/C17H18INO3/c1-5-10-19-16-13-9-7-6-8-12(13)14(21-16)15(18)17(3,4)22-11(2)20/h5-9H,1,10H2,2-4H3/b15-14+,19-16?. The molecule has 1 aliphatic rings. The molecule has 0 N–H and O–H groups in total. The maximum absolute atomic E-state index is 11.3. The number of carbonyl (C=O) groups excluding carboxylic acids is 1. The lowest BCUT2D eigenvalue weighted by Gasteiger charge is -2.25. The van der Waals surface area contributed by atoms with Gasteiger partial charge in [0.1, 0.15) is 5.60 Å². The van der Waals surface area contributed by atoms with Crippen molar-refractivity contribution in [3.05, 3.63) is 51.6 Å². The molecule has 1 heterocycles. The lowest BCUT2D eigenvalue weighted by atomic mass is 10.0. The van der Waals surface area contributed by atoms with Gasteiger partial charge in [-0.1, -0.05) is 24.3 Å². The smallest absolute Gasteiger partial charge is 0.303 e. The summed E-state index contributed by atoms with van der Waals surface area (Å²) in [5.41, 5.74) is 1.13. The van der Waals surface area contributed by atoms with Crippen molar-refractivity contribution in [3.63, 3.8) is 0 Å². The van der Waals surface area contributed by atoms with E-state index >= 15 is 0 Å². The van der Waals surface area contributed by atoms with Crippen LogP contribution in [0.25, 0.3) is 5.76 Å². The molecule has 2 rings (SSSR count). The van der Waals surface area contributed by atoms with Crippen LogP contribution in [0.4, 0.5) is 0 Å². The molecule has 0 unspecified atom stereocenters. The number of carbonyl (C=O) groups is 1. The van der Waals surface area contributed by atoms with E-state index in [2.05, 4.69) is 34.2 Å². The Kier molecular flexibility index (Phi) is 5.05. The normalized spacial score (nSPS) is 17.7. The number of nitrogens with zero attached hydrogens (tertiary/aromatic N) is 1. The third-order valence-corrected chi connectivity index (χ3v) is 4.88. The number of aliphatic imine (C=N–C) groups is 1. The minimum Gasteiger partial charge on any atom is -0.454 e. The van der Waals surface area contributed by atoms with Crippen LogP contribution in [-0.2, 0) is 14.3 Å². The summed E-state index contributed by atoms with van der Waals surface area (Å²) < 4.78 is 12.2. The molecule has 0 bridgehead atoms. The van der Waals surface area contributed by atoms with E-state index in [9.17, 15) is 4.79 Å². The van der Waals surface area contributed by atoms with Gasteiger partial charge in [-0.05, 0) is 42.5 Å². The number of fused-ring (bicyclic) bond motifs is 1. The Bertz CT molecular complexity index is 674. The van der Waals surface area contributed by atoms with Gasteiger partial charge in [0, 0.05) is 18.1 Å². The van der Waals surface area contributed by atoms with Crippen LogP contribution < -0.4 is 0 Å². The summed E-state index contributed by atoms with van der Waals surface area (Å²) in [5.74, 6) is 0.926. The molecule has 0 amide bonds. The molecule has 1 aromatic carbocycles. The highest BCUT2D eigenvalue weighted by molar-refractivity contribution is 14.1. The number of ether oxygens (including phenoxy) is 2. The molecule has 5 heteroatoms. The lowest BCUT2D eigenvalue weighted by Crippen LogP contribution is -2.28. The zero-order chi connectivity index (χ0) is 16.3. The van der Waals surface area contributed by atoms with Crippen molar-refractivity contribution in [2.24, 2.45) is 4.99 Å². The molecule has 4 nitrogen and oxygen atoms in total. The van der Waals surface area contributed by atoms with Gasteiger partial charge in [-0.2, -0.15) is 0 Å². The fourth-order valence-electron chi connectivity index (χ4n) is 2.18. The Labute approximate surface area is 144 Å². The first kappa shape index (κ1) is 16.7. The summed E-state index contributed by atoms with van der Waals surface area (Å²) in [5, 5.41) is 0. The summed E-state index contributed by atoms with van der Waals surface area (Å²) in [4.78, 5) is 15.7. The molecular formula is C17H18INO3. The summed E-state index contributed by atoms with van der Waals surface area (Å²) >= 11 is 2.17. The number of rotatable bonds is 4. The van der Waals surface area contributed by atoms with E-state index in [4.69, 9.17) is 9.47 Å². The quantitative estimate of drug-likeness (QED) is 0.426. The van der Waals surface area contributed by atoms with Crippen molar-refractivity contribution in [2.75, 3.05) is 6.54 Å². The minimum absolute atomic E-state index is 0.327. The highest BCUT2D eigenvalue weighted by Gasteiger charge is 2.34. The van der Waals surface area contributed by atoms with Gasteiger partial charge >= 0.3 is 5.97 Å². The van der Waals surface area contributed by atoms with E-state index < -0.39 is 5.60 Å². The van der Waals surface area contributed by atoms with E-state index in [1.165, 1.54) is 6.92 Å². The average Bonchev–Trinajstić information content (AvgIpc) is 2.81. The summed E-state index contributed by atoms with van der Waals surface area (Å²) in [6, 6.07) is 7.83. The number of halogens is 1. The highest BCUT2D eigenvalue weighted by Crippen LogP contribution is 2.40. The van der Waals surface area contributed by atoms with Gasteiger partial charge in [-0.15, -0.1) is 6.58 Å².